The molecule has 1 spiro atoms. The van der Waals surface area contributed by atoms with Gasteiger partial charge in [-0.15, -0.1) is 0 Å². The number of nitrogens with one attached hydrogen (secondary N) is 2. The quantitative estimate of drug-likeness (QED) is 0.138. The van der Waals surface area contributed by atoms with E-state index in [4.69, 9.17) is 15.0 Å². The number of alkyl carbamates (subject to hydrolysis) is 1. The van der Waals surface area contributed by atoms with Gasteiger partial charge >= 0.3 is 6.09 Å². The summed E-state index contributed by atoms with van der Waals surface area (Å²) in [5, 5.41) is 2.62. The van der Waals surface area contributed by atoms with Crippen molar-refractivity contribution in [3.05, 3.63) is 35.9 Å². The predicted octanol–water partition coefficient (Wildman–Crippen LogP) is 2.27. The molecule has 4 atom stereocenters. The minimum absolute atomic E-state index is 0.0480. The minimum atomic E-state index is -2.32. The Hall–Kier alpha value is -2.96. The van der Waals surface area contributed by atoms with Crippen molar-refractivity contribution in [2.45, 2.75) is 95.9 Å². The number of hydrogen-bond donors (Lipinski definition) is 3. The van der Waals surface area contributed by atoms with Crippen molar-refractivity contribution in [1.29, 1.82) is 0 Å². The van der Waals surface area contributed by atoms with Crippen LogP contribution in [-0.4, -0.2) is 78.7 Å². The Labute approximate surface area is 231 Å². The van der Waals surface area contributed by atoms with E-state index in [0.717, 1.165) is 5.56 Å². The second-order valence-electron chi connectivity index (χ2n) is 12.0. The van der Waals surface area contributed by atoms with Crippen molar-refractivity contribution >= 4 is 32.1 Å². The van der Waals surface area contributed by atoms with E-state index in [1.807, 2.05) is 42.7 Å². The second-order valence-corrected chi connectivity index (χ2v) is 16.7. The summed E-state index contributed by atoms with van der Waals surface area (Å²) in [7, 11) is -2.32. The van der Waals surface area contributed by atoms with E-state index in [-0.39, 0.29) is 24.1 Å². The monoisotopic (exact) mass is 561 g/mol. The molecule has 2 heterocycles. The lowest BCUT2D eigenvalue weighted by Crippen LogP contribution is -2.79. The standard InChI is InChI=1S/C27H43N5O6Si/c1-18(38-39(6,7)26(3,4)5)22(29-25(36)37-17-20-12-9-8-10-13-20)23(34)32-15-11-14-27(32)19(2)31(24(27)35)16-21(33)30-28/h8-10,12-13,18-19,22H,11,14-17,28H2,1-7H3,(H,29,36)(H,30,33)/t18-,19?,22+,27?/m1/s1. The van der Waals surface area contributed by atoms with Crippen molar-refractivity contribution in [2.24, 2.45) is 5.84 Å². The van der Waals surface area contributed by atoms with E-state index in [9.17, 15) is 19.2 Å². The molecule has 0 saturated carbocycles. The first-order valence-electron chi connectivity index (χ1n) is 13.4. The van der Waals surface area contributed by atoms with E-state index in [0.29, 0.717) is 19.4 Å². The first kappa shape index (κ1) is 30.6. The van der Waals surface area contributed by atoms with Gasteiger partial charge in [-0.25, -0.2) is 10.6 Å². The van der Waals surface area contributed by atoms with Crippen molar-refractivity contribution in [2.75, 3.05) is 13.1 Å². The van der Waals surface area contributed by atoms with Gasteiger partial charge in [0.15, 0.2) is 8.32 Å². The highest BCUT2D eigenvalue weighted by Crippen LogP contribution is 2.45. The Morgan fingerprint density at radius 2 is 1.85 bits per heavy atom. The van der Waals surface area contributed by atoms with Gasteiger partial charge in [-0.1, -0.05) is 51.1 Å². The number of nitrogens with two attached hydrogens (primary N) is 1. The van der Waals surface area contributed by atoms with Crippen LogP contribution in [0.2, 0.25) is 18.1 Å². The highest BCUT2D eigenvalue weighted by molar-refractivity contribution is 6.74. The molecule has 0 radical (unpaired) electrons. The molecule has 12 heteroatoms. The molecule has 4 N–H and O–H groups in total. The zero-order valence-electron chi connectivity index (χ0n) is 24.1. The summed E-state index contributed by atoms with van der Waals surface area (Å²) >= 11 is 0. The molecule has 1 aromatic rings. The number of amides is 4. The van der Waals surface area contributed by atoms with Crippen LogP contribution in [-0.2, 0) is 30.2 Å². The number of carbonyl (C=O) groups excluding carboxylic acids is 4. The summed E-state index contributed by atoms with van der Waals surface area (Å²) < 4.78 is 12.0. The maximum Gasteiger partial charge on any atom is 0.408 e. The van der Waals surface area contributed by atoms with E-state index in [2.05, 4.69) is 39.2 Å². The fourth-order valence-corrected chi connectivity index (χ4v) is 6.58. The van der Waals surface area contributed by atoms with Crippen LogP contribution in [0.4, 0.5) is 4.79 Å². The van der Waals surface area contributed by atoms with Crippen LogP contribution in [0.1, 0.15) is 53.0 Å². The molecule has 11 nitrogen and oxygen atoms in total. The number of hydrazine groups is 1. The highest BCUT2D eigenvalue weighted by atomic mass is 28.4. The van der Waals surface area contributed by atoms with Gasteiger partial charge in [-0.3, -0.25) is 19.8 Å². The summed E-state index contributed by atoms with van der Waals surface area (Å²) in [6, 6.07) is 7.79. The molecule has 2 aliphatic rings. The molecule has 39 heavy (non-hydrogen) atoms. The maximum absolute atomic E-state index is 14.1. The second kappa shape index (κ2) is 11.6. The number of rotatable bonds is 9. The summed E-state index contributed by atoms with van der Waals surface area (Å²) in [6.07, 6.45) is -0.320. The molecule has 1 aromatic carbocycles. The fourth-order valence-electron chi connectivity index (χ4n) is 5.16. The number of hydrogen-bond acceptors (Lipinski definition) is 7. The number of carbonyl (C=O) groups is 4. The van der Waals surface area contributed by atoms with E-state index < -0.39 is 50.0 Å². The normalized spacial score (nSPS) is 22.8. The molecule has 2 fully saturated rings. The summed E-state index contributed by atoms with van der Waals surface area (Å²) in [5.74, 6) is 4.02. The number of nitrogens with zero attached hydrogens (tertiary/aromatic N) is 2. The Bertz CT molecular complexity index is 1080. The first-order chi connectivity index (χ1) is 18.2. The first-order valence-corrected chi connectivity index (χ1v) is 16.3. The van der Waals surface area contributed by atoms with Crippen LogP contribution in [0.3, 0.4) is 0 Å². The molecule has 216 valence electrons. The molecule has 3 rings (SSSR count). The minimum Gasteiger partial charge on any atom is -0.445 e. The van der Waals surface area contributed by atoms with Crippen LogP contribution in [0.25, 0.3) is 0 Å². The van der Waals surface area contributed by atoms with Gasteiger partial charge in [0.25, 0.3) is 11.8 Å². The van der Waals surface area contributed by atoms with E-state index >= 15 is 0 Å². The SMILES string of the molecule is CC1N(CC(=O)NN)C(=O)C12CCCN2C(=O)[C@@H](NC(=O)OCc1ccccc1)[C@@H](C)O[Si](C)(C)C(C)(C)C. The third kappa shape index (κ3) is 6.12. The Morgan fingerprint density at radius 1 is 1.21 bits per heavy atom. The number of β-lactam (4-membered cyclic amide) rings is 1. The topological polar surface area (TPSA) is 143 Å². The van der Waals surface area contributed by atoms with Gasteiger partial charge in [0.05, 0.1) is 12.1 Å². The molecule has 0 aliphatic carbocycles. The largest absolute Gasteiger partial charge is 0.445 e. The van der Waals surface area contributed by atoms with Crippen LogP contribution < -0.4 is 16.6 Å². The van der Waals surface area contributed by atoms with E-state index in [1.165, 1.54) is 4.90 Å². The molecular weight excluding hydrogens is 518 g/mol. The number of benzene rings is 1. The predicted molar refractivity (Wildman–Crippen MR) is 148 cm³/mol. The zero-order valence-corrected chi connectivity index (χ0v) is 25.1. The zero-order chi connectivity index (χ0) is 29.2. The highest BCUT2D eigenvalue weighted by Gasteiger charge is 2.65. The van der Waals surface area contributed by atoms with Gasteiger partial charge in [-0.2, -0.15) is 0 Å². The molecule has 0 bridgehead atoms. The maximum atomic E-state index is 14.1. The van der Waals surface area contributed by atoms with Crippen molar-refractivity contribution in [3.63, 3.8) is 0 Å². The number of ether oxygens (including phenoxy) is 1. The van der Waals surface area contributed by atoms with Crippen molar-refractivity contribution < 1.29 is 28.3 Å². The average Bonchev–Trinajstić information content (AvgIpc) is 3.35. The number of likely N-dealkylation sites (tertiary alicyclic amines) is 2. The Balaban J connectivity index is 1.83. The smallest absolute Gasteiger partial charge is 0.408 e. The lowest BCUT2D eigenvalue weighted by atomic mass is 9.77. The van der Waals surface area contributed by atoms with Gasteiger partial charge < -0.3 is 24.3 Å². The summed E-state index contributed by atoms with van der Waals surface area (Å²) in [4.78, 5) is 55.2. The summed E-state index contributed by atoms with van der Waals surface area (Å²) in [5.41, 5.74) is 1.79. The molecule has 2 saturated heterocycles. The van der Waals surface area contributed by atoms with Crippen molar-refractivity contribution in [3.8, 4) is 0 Å². The van der Waals surface area contributed by atoms with Gasteiger partial charge in [0.2, 0.25) is 5.91 Å². The Kier molecular flexibility index (Phi) is 9.13. The molecule has 4 amide bonds. The lowest BCUT2D eigenvalue weighted by Gasteiger charge is -2.57. The molecular formula is C27H43N5O6Si. The van der Waals surface area contributed by atoms with Crippen LogP contribution >= 0.6 is 0 Å². The summed E-state index contributed by atoms with van der Waals surface area (Å²) in [6.45, 7) is 14.3. The third-order valence-corrected chi connectivity index (χ3v) is 13.0. The molecule has 0 aromatic heterocycles. The van der Waals surface area contributed by atoms with Crippen LogP contribution in [0.5, 0.6) is 0 Å². The van der Waals surface area contributed by atoms with Gasteiger partial charge in [0.1, 0.15) is 24.7 Å². The van der Waals surface area contributed by atoms with Crippen LogP contribution in [0.15, 0.2) is 30.3 Å². The lowest BCUT2D eigenvalue weighted by molar-refractivity contribution is -0.179. The fraction of sp³-hybridized carbons (Fsp3) is 0.630. The van der Waals surface area contributed by atoms with Gasteiger partial charge in [-0.05, 0) is 50.4 Å². The van der Waals surface area contributed by atoms with Crippen LogP contribution in [0, 0.1) is 0 Å². The molecule has 2 unspecified atom stereocenters. The Morgan fingerprint density at radius 3 is 2.41 bits per heavy atom. The van der Waals surface area contributed by atoms with Crippen molar-refractivity contribution in [1.82, 2.24) is 20.5 Å². The third-order valence-electron chi connectivity index (χ3n) is 8.46. The van der Waals surface area contributed by atoms with E-state index in [1.54, 1.807) is 11.8 Å². The molecule has 2 aliphatic heterocycles. The van der Waals surface area contributed by atoms with Gasteiger partial charge in [0, 0.05) is 6.54 Å². The average molecular weight is 562 g/mol.